The summed E-state index contributed by atoms with van der Waals surface area (Å²) < 4.78 is 39.9. The number of H-pyrrole nitrogens is 2. The van der Waals surface area contributed by atoms with Gasteiger partial charge >= 0.3 is 0 Å². The number of nitrogens with zero attached hydrogens (tertiary/aromatic N) is 3. The van der Waals surface area contributed by atoms with E-state index in [2.05, 4.69) is 24.9 Å². The van der Waals surface area contributed by atoms with Gasteiger partial charge in [0.05, 0.1) is 29.4 Å². The first-order valence-corrected chi connectivity index (χ1v) is 13.5. The van der Waals surface area contributed by atoms with Gasteiger partial charge in [-0.15, -0.1) is 0 Å². The Hall–Kier alpha value is -4.61. The van der Waals surface area contributed by atoms with Gasteiger partial charge in [-0.2, -0.15) is 5.10 Å². The van der Waals surface area contributed by atoms with Gasteiger partial charge in [-0.3, -0.25) is 10.1 Å². The molecule has 0 radical (unpaired) electrons. The molecule has 9 nitrogen and oxygen atoms in total. The molecule has 0 amide bonds. The van der Waals surface area contributed by atoms with Crippen LogP contribution in [0, 0.1) is 5.82 Å². The van der Waals surface area contributed by atoms with Crippen molar-refractivity contribution in [2.75, 3.05) is 6.26 Å². The summed E-state index contributed by atoms with van der Waals surface area (Å²) in [6.07, 6.45) is 4.05. The molecule has 0 saturated heterocycles. The molecule has 11 heteroatoms. The average molecular weight is 529 g/mol. The third-order valence-electron chi connectivity index (χ3n) is 6.15. The number of benzene rings is 2. The number of aromatic nitrogens is 5. The third-order valence-corrected chi connectivity index (χ3v) is 6.82. The van der Waals surface area contributed by atoms with Crippen molar-refractivity contribution >= 4 is 32.0 Å². The zero-order valence-corrected chi connectivity index (χ0v) is 20.8. The van der Waals surface area contributed by atoms with E-state index in [4.69, 9.17) is 4.98 Å². The molecule has 0 spiro atoms. The molecule has 0 aliphatic rings. The molecule has 4 aromatic heterocycles. The first-order chi connectivity index (χ1) is 18.2. The van der Waals surface area contributed by atoms with E-state index in [1.54, 1.807) is 18.3 Å². The maximum atomic E-state index is 14.5. The van der Waals surface area contributed by atoms with E-state index in [1.165, 1.54) is 18.3 Å². The van der Waals surface area contributed by atoms with Crippen LogP contribution in [0.25, 0.3) is 55.7 Å². The van der Waals surface area contributed by atoms with Gasteiger partial charge in [-0.05, 0) is 65.2 Å². The Labute approximate surface area is 216 Å². The number of sulfonamides is 1. The van der Waals surface area contributed by atoms with Crippen LogP contribution in [0.2, 0.25) is 0 Å². The Balaban J connectivity index is 1.43. The van der Waals surface area contributed by atoms with Crippen molar-refractivity contribution in [2.24, 2.45) is 0 Å². The lowest BCUT2D eigenvalue weighted by Gasteiger charge is -2.08. The lowest BCUT2D eigenvalue weighted by atomic mass is 9.99. The van der Waals surface area contributed by atoms with Crippen LogP contribution in [-0.2, 0) is 16.6 Å². The monoisotopic (exact) mass is 528 g/mol. The van der Waals surface area contributed by atoms with Crippen molar-refractivity contribution in [2.45, 2.75) is 6.54 Å². The molecular weight excluding hydrogens is 507 g/mol. The summed E-state index contributed by atoms with van der Waals surface area (Å²) in [6, 6.07) is 17.4. The number of rotatable bonds is 6. The second-order valence-corrected chi connectivity index (χ2v) is 10.8. The summed E-state index contributed by atoms with van der Waals surface area (Å²) in [7, 11) is -3.42. The number of aromatic hydroxyl groups is 1. The SMILES string of the molecule is CS(=O)(=O)NCc1cc(F)cc(-c2cccc3[nH]c(-c4n[nH]c5ccc(-c6cncc(O)c6)nc45)cc23)c1. The number of halogens is 1. The molecule has 0 fully saturated rings. The van der Waals surface area contributed by atoms with Crippen LogP contribution in [0.4, 0.5) is 4.39 Å². The fraction of sp³-hybridized carbons (Fsp3) is 0.0741. The Morgan fingerprint density at radius 1 is 1.00 bits per heavy atom. The quantitative estimate of drug-likeness (QED) is 0.247. The van der Waals surface area contributed by atoms with E-state index in [0.29, 0.717) is 39.3 Å². The van der Waals surface area contributed by atoms with Crippen LogP contribution in [0.15, 0.2) is 73.1 Å². The van der Waals surface area contributed by atoms with E-state index in [9.17, 15) is 17.9 Å². The van der Waals surface area contributed by atoms with E-state index in [0.717, 1.165) is 28.2 Å². The second kappa shape index (κ2) is 9.05. The number of hydrogen-bond donors (Lipinski definition) is 4. The van der Waals surface area contributed by atoms with Gasteiger partial charge in [0.1, 0.15) is 22.8 Å². The number of nitrogens with one attached hydrogen (secondary N) is 3. The van der Waals surface area contributed by atoms with Crippen LogP contribution in [0.5, 0.6) is 5.75 Å². The number of pyridine rings is 2. The van der Waals surface area contributed by atoms with Crippen LogP contribution in [0.3, 0.4) is 0 Å². The van der Waals surface area contributed by atoms with Gasteiger partial charge in [0.25, 0.3) is 0 Å². The van der Waals surface area contributed by atoms with Crippen LogP contribution in [-0.4, -0.2) is 44.9 Å². The molecule has 2 aromatic carbocycles. The molecule has 6 aromatic rings. The molecule has 190 valence electrons. The maximum Gasteiger partial charge on any atom is 0.209 e. The van der Waals surface area contributed by atoms with Gasteiger partial charge in [0, 0.05) is 29.2 Å². The molecule has 4 heterocycles. The van der Waals surface area contributed by atoms with E-state index in [1.807, 2.05) is 36.4 Å². The van der Waals surface area contributed by atoms with E-state index >= 15 is 0 Å². The Bertz CT molecular complexity index is 1950. The lowest BCUT2D eigenvalue weighted by molar-refractivity contribution is 0.473. The predicted octanol–water partition coefficient (Wildman–Crippen LogP) is 4.73. The van der Waals surface area contributed by atoms with Crippen molar-refractivity contribution in [3.05, 3.63) is 84.4 Å². The van der Waals surface area contributed by atoms with Gasteiger partial charge in [-0.1, -0.05) is 12.1 Å². The minimum absolute atomic E-state index is 0.0140. The van der Waals surface area contributed by atoms with Gasteiger partial charge in [0.15, 0.2) is 0 Å². The highest BCUT2D eigenvalue weighted by molar-refractivity contribution is 7.88. The largest absolute Gasteiger partial charge is 0.506 e. The van der Waals surface area contributed by atoms with Crippen molar-refractivity contribution in [3.63, 3.8) is 0 Å². The molecule has 0 atom stereocenters. The Kier molecular flexibility index (Phi) is 5.66. The van der Waals surface area contributed by atoms with Gasteiger partial charge < -0.3 is 10.1 Å². The second-order valence-electron chi connectivity index (χ2n) is 8.99. The molecule has 0 unspecified atom stereocenters. The summed E-state index contributed by atoms with van der Waals surface area (Å²) in [5, 5.41) is 18.1. The molecule has 0 aliphatic heterocycles. The van der Waals surface area contributed by atoms with Gasteiger partial charge in [-0.25, -0.2) is 22.5 Å². The summed E-state index contributed by atoms with van der Waals surface area (Å²) in [4.78, 5) is 12.2. The minimum Gasteiger partial charge on any atom is -0.506 e. The van der Waals surface area contributed by atoms with Crippen LogP contribution in [0.1, 0.15) is 5.56 Å². The molecule has 38 heavy (non-hydrogen) atoms. The molecule has 4 N–H and O–H groups in total. The van der Waals surface area contributed by atoms with Crippen molar-refractivity contribution in [3.8, 4) is 39.5 Å². The summed E-state index contributed by atoms with van der Waals surface area (Å²) >= 11 is 0. The molecule has 6 rings (SSSR count). The summed E-state index contributed by atoms with van der Waals surface area (Å²) in [6.45, 7) is -0.0140. The smallest absolute Gasteiger partial charge is 0.209 e. The van der Waals surface area contributed by atoms with Crippen LogP contribution < -0.4 is 4.72 Å². The Morgan fingerprint density at radius 2 is 1.87 bits per heavy atom. The standard InChI is InChI=1S/C27H21FN6O3S/c1-38(36,37)30-12-15-7-16(9-18(28)8-15)20-3-2-4-23-21(20)11-25(31-23)27-26-24(33-34-27)6-5-22(32-26)17-10-19(35)14-29-13-17/h2-11,13-14,30-31,35H,12H2,1H3,(H,33,34). The normalized spacial score (nSPS) is 11.9. The molecule has 0 bridgehead atoms. The van der Waals surface area contributed by atoms with E-state index in [-0.39, 0.29) is 12.3 Å². The van der Waals surface area contributed by atoms with Gasteiger partial charge in [0.2, 0.25) is 10.0 Å². The topological polar surface area (TPSA) is 137 Å². The van der Waals surface area contributed by atoms with E-state index < -0.39 is 15.8 Å². The first-order valence-electron chi connectivity index (χ1n) is 11.6. The number of aromatic amines is 2. The third kappa shape index (κ3) is 4.60. The minimum atomic E-state index is -3.42. The summed E-state index contributed by atoms with van der Waals surface area (Å²) in [5.41, 5.74) is 6.74. The molecular formula is C27H21FN6O3S. The lowest BCUT2D eigenvalue weighted by Crippen LogP contribution is -2.21. The molecule has 0 aliphatic carbocycles. The first kappa shape index (κ1) is 23.8. The maximum absolute atomic E-state index is 14.5. The Morgan fingerprint density at radius 3 is 2.68 bits per heavy atom. The predicted molar refractivity (Wildman–Crippen MR) is 143 cm³/mol. The van der Waals surface area contributed by atoms with Crippen molar-refractivity contribution in [1.29, 1.82) is 0 Å². The fourth-order valence-electron chi connectivity index (χ4n) is 4.47. The zero-order valence-electron chi connectivity index (χ0n) is 20.0. The number of fused-ring (bicyclic) bond motifs is 2. The molecule has 0 saturated carbocycles. The summed E-state index contributed by atoms with van der Waals surface area (Å²) in [5.74, 6) is -0.412. The zero-order chi connectivity index (χ0) is 26.4. The van der Waals surface area contributed by atoms with Crippen LogP contribution >= 0.6 is 0 Å². The number of hydrogen-bond acceptors (Lipinski definition) is 6. The highest BCUT2D eigenvalue weighted by Gasteiger charge is 2.16. The van der Waals surface area contributed by atoms with Crippen molar-refractivity contribution in [1.82, 2.24) is 29.9 Å². The highest BCUT2D eigenvalue weighted by atomic mass is 32.2. The average Bonchev–Trinajstić information content (AvgIpc) is 3.50. The van der Waals surface area contributed by atoms with Crippen molar-refractivity contribution < 1.29 is 17.9 Å². The fourth-order valence-corrected chi connectivity index (χ4v) is 4.90. The highest BCUT2D eigenvalue weighted by Crippen LogP contribution is 2.35.